The first-order valence-electron chi connectivity index (χ1n) is 6.43. The summed E-state index contributed by atoms with van der Waals surface area (Å²) in [5.41, 5.74) is 0.995. The van der Waals surface area contributed by atoms with Crippen molar-refractivity contribution in [3.63, 3.8) is 0 Å². The maximum atomic E-state index is 4.32. The highest BCUT2D eigenvalue weighted by molar-refractivity contribution is 5.37. The summed E-state index contributed by atoms with van der Waals surface area (Å²) in [6, 6.07) is 4.14. The number of anilines is 1. The molecule has 1 aliphatic heterocycles. The van der Waals surface area contributed by atoms with Crippen LogP contribution in [0.15, 0.2) is 12.1 Å². The van der Waals surface area contributed by atoms with Crippen molar-refractivity contribution in [3.8, 4) is 0 Å². The van der Waals surface area contributed by atoms with E-state index in [2.05, 4.69) is 46.4 Å². The fourth-order valence-electron chi connectivity index (χ4n) is 2.27. The Labute approximate surface area is 103 Å². The van der Waals surface area contributed by atoms with Gasteiger partial charge in [-0.25, -0.2) is 0 Å². The lowest BCUT2D eigenvalue weighted by atomic mass is 9.89. The molecular formula is C13H22N4. The summed E-state index contributed by atoms with van der Waals surface area (Å²) in [5.74, 6) is 2.58. The number of aromatic nitrogens is 2. The zero-order valence-corrected chi connectivity index (χ0v) is 11.0. The molecule has 1 N–H and O–H groups in total. The minimum atomic E-state index is 0.738. The number of hydrogen-bond donors (Lipinski definition) is 1. The predicted octanol–water partition coefficient (Wildman–Crippen LogP) is 1.68. The molecule has 2 heterocycles. The zero-order valence-electron chi connectivity index (χ0n) is 11.0. The van der Waals surface area contributed by atoms with Gasteiger partial charge in [-0.05, 0) is 37.4 Å². The quantitative estimate of drug-likeness (QED) is 0.864. The van der Waals surface area contributed by atoms with E-state index >= 15 is 0 Å². The van der Waals surface area contributed by atoms with Crippen LogP contribution in [0.4, 0.5) is 5.82 Å². The predicted molar refractivity (Wildman–Crippen MR) is 70.0 cm³/mol. The van der Waals surface area contributed by atoms with Crippen molar-refractivity contribution in [1.82, 2.24) is 15.5 Å². The summed E-state index contributed by atoms with van der Waals surface area (Å²) < 4.78 is 0. The molecule has 94 valence electrons. The first-order valence-corrected chi connectivity index (χ1v) is 6.43. The smallest absolute Gasteiger partial charge is 0.151 e. The van der Waals surface area contributed by atoms with Gasteiger partial charge in [0.25, 0.3) is 0 Å². The molecule has 2 atom stereocenters. The maximum Gasteiger partial charge on any atom is 0.151 e. The average molecular weight is 234 g/mol. The summed E-state index contributed by atoms with van der Waals surface area (Å²) in [6.07, 6.45) is 1.25. The number of nitrogens with one attached hydrogen (secondary N) is 1. The Morgan fingerprint density at radius 1 is 1.29 bits per heavy atom. The average Bonchev–Trinajstić information content (AvgIpc) is 2.34. The molecular weight excluding hydrogens is 212 g/mol. The Bertz CT molecular complexity index is 349. The van der Waals surface area contributed by atoms with Crippen molar-refractivity contribution >= 4 is 5.82 Å². The van der Waals surface area contributed by atoms with Crippen LogP contribution in [-0.2, 0) is 6.54 Å². The van der Waals surface area contributed by atoms with Crippen molar-refractivity contribution < 1.29 is 0 Å². The Balaban J connectivity index is 2.02. The second-order valence-electron chi connectivity index (χ2n) is 5.10. The Hall–Kier alpha value is -1.16. The summed E-state index contributed by atoms with van der Waals surface area (Å²) in [7, 11) is 1.92. The van der Waals surface area contributed by atoms with Gasteiger partial charge < -0.3 is 10.2 Å². The highest BCUT2D eigenvalue weighted by atomic mass is 15.3. The fraction of sp³-hybridized carbons (Fsp3) is 0.692. The normalized spacial score (nSPS) is 25.0. The van der Waals surface area contributed by atoms with Gasteiger partial charge in [-0.1, -0.05) is 13.8 Å². The Morgan fingerprint density at radius 2 is 2.12 bits per heavy atom. The number of nitrogens with zero attached hydrogens (tertiary/aromatic N) is 3. The lowest BCUT2D eigenvalue weighted by Gasteiger charge is -2.35. The largest absolute Gasteiger partial charge is 0.355 e. The second kappa shape index (κ2) is 5.45. The van der Waals surface area contributed by atoms with E-state index in [-0.39, 0.29) is 0 Å². The maximum absolute atomic E-state index is 4.32. The number of piperidine rings is 1. The first-order chi connectivity index (χ1) is 8.20. The van der Waals surface area contributed by atoms with Gasteiger partial charge in [0.1, 0.15) is 0 Å². The van der Waals surface area contributed by atoms with Crippen molar-refractivity contribution in [2.75, 3.05) is 25.0 Å². The van der Waals surface area contributed by atoms with E-state index in [0.717, 1.165) is 43.0 Å². The third kappa shape index (κ3) is 2.94. The van der Waals surface area contributed by atoms with Crippen molar-refractivity contribution in [2.45, 2.75) is 26.8 Å². The molecule has 0 amide bonds. The van der Waals surface area contributed by atoms with Crippen molar-refractivity contribution in [2.24, 2.45) is 11.8 Å². The van der Waals surface area contributed by atoms with E-state index in [4.69, 9.17) is 0 Å². The Kier molecular flexibility index (Phi) is 3.94. The van der Waals surface area contributed by atoms with Gasteiger partial charge >= 0.3 is 0 Å². The van der Waals surface area contributed by atoms with Crippen LogP contribution in [-0.4, -0.2) is 30.3 Å². The van der Waals surface area contributed by atoms with Crippen LogP contribution < -0.4 is 10.2 Å². The van der Waals surface area contributed by atoms with Crippen LogP contribution in [0.5, 0.6) is 0 Å². The summed E-state index contributed by atoms with van der Waals surface area (Å²) in [5, 5.41) is 11.6. The number of hydrogen-bond acceptors (Lipinski definition) is 4. The molecule has 1 aliphatic rings. The molecule has 2 rings (SSSR count). The second-order valence-corrected chi connectivity index (χ2v) is 5.10. The molecule has 2 unspecified atom stereocenters. The summed E-state index contributed by atoms with van der Waals surface area (Å²) >= 11 is 0. The minimum Gasteiger partial charge on any atom is -0.355 e. The van der Waals surface area contributed by atoms with Crippen LogP contribution in [0.2, 0.25) is 0 Å². The highest BCUT2D eigenvalue weighted by Gasteiger charge is 2.23. The van der Waals surface area contributed by atoms with Gasteiger partial charge in [0.15, 0.2) is 5.82 Å². The fourth-order valence-corrected chi connectivity index (χ4v) is 2.27. The van der Waals surface area contributed by atoms with Crippen molar-refractivity contribution in [1.29, 1.82) is 0 Å². The monoisotopic (exact) mass is 234 g/mol. The van der Waals surface area contributed by atoms with Crippen LogP contribution >= 0.6 is 0 Å². The van der Waals surface area contributed by atoms with Gasteiger partial charge in [-0.15, -0.1) is 5.10 Å². The molecule has 4 heteroatoms. The highest BCUT2D eigenvalue weighted by Crippen LogP contribution is 2.25. The molecule has 0 radical (unpaired) electrons. The van der Waals surface area contributed by atoms with E-state index in [1.54, 1.807) is 0 Å². The van der Waals surface area contributed by atoms with E-state index in [1.165, 1.54) is 6.42 Å². The molecule has 4 nitrogen and oxygen atoms in total. The zero-order chi connectivity index (χ0) is 12.3. The third-order valence-corrected chi connectivity index (χ3v) is 3.72. The SMILES string of the molecule is CNCc1ccc(N2CCC(C)C(C)C2)nn1. The molecule has 1 fully saturated rings. The van der Waals surface area contributed by atoms with Crippen molar-refractivity contribution in [3.05, 3.63) is 17.8 Å². The summed E-state index contributed by atoms with van der Waals surface area (Å²) in [4.78, 5) is 2.35. The topological polar surface area (TPSA) is 41.0 Å². The molecule has 0 saturated carbocycles. The van der Waals surface area contributed by atoms with E-state index < -0.39 is 0 Å². The van der Waals surface area contributed by atoms with E-state index in [9.17, 15) is 0 Å². The van der Waals surface area contributed by atoms with Crippen LogP contribution in [0.1, 0.15) is 26.0 Å². The molecule has 0 aromatic carbocycles. The molecule has 0 bridgehead atoms. The lowest BCUT2D eigenvalue weighted by molar-refractivity contribution is 0.322. The number of rotatable bonds is 3. The standard InChI is InChI=1S/C13H22N4/c1-10-6-7-17(9-11(10)2)13-5-4-12(8-14-3)15-16-13/h4-5,10-11,14H,6-9H2,1-3H3. The third-order valence-electron chi connectivity index (χ3n) is 3.72. The van der Waals surface area contributed by atoms with Crippen LogP contribution in [0.3, 0.4) is 0 Å². The van der Waals surface area contributed by atoms with Gasteiger partial charge in [0.05, 0.1) is 5.69 Å². The van der Waals surface area contributed by atoms with Gasteiger partial charge in [-0.2, -0.15) is 5.10 Å². The van der Waals surface area contributed by atoms with E-state index in [1.807, 2.05) is 7.05 Å². The lowest BCUT2D eigenvalue weighted by Crippen LogP contribution is -2.39. The first kappa shape index (κ1) is 12.3. The van der Waals surface area contributed by atoms with Crippen LogP contribution in [0.25, 0.3) is 0 Å². The van der Waals surface area contributed by atoms with Gasteiger partial charge in [0, 0.05) is 19.6 Å². The van der Waals surface area contributed by atoms with Gasteiger partial charge in [0.2, 0.25) is 0 Å². The van der Waals surface area contributed by atoms with E-state index in [0.29, 0.717) is 0 Å². The molecule has 0 aliphatic carbocycles. The van der Waals surface area contributed by atoms with Gasteiger partial charge in [-0.3, -0.25) is 0 Å². The molecule has 0 spiro atoms. The molecule has 1 aromatic rings. The molecule has 17 heavy (non-hydrogen) atoms. The molecule has 1 saturated heterocycles. The minimum absolute atomic E-state index is 0.738. The summed E-state index contributed by atoms with van der Waals surface area (Å²) in [6.45, 7) is 7.64. The Morgan fingerprint density at radius 3 is 2.71 bits per heavy atom. The van der Waals surface area contributed by atoms with Crippen LogP contribution in [0, 0.1) is 11.8 Å². The molecule has 1 aromatic heterocycles.